The number of nitrogens with zero attached hydrogens (tertiary/aromatic N) is 5. The molecule has 0 radical (unpaired) electrons. The minimum atomic E-state index is -0.266. The van der Waals surface area contributed by atoms with Gasteiger partial charge in [-0.15, -0.1) is 10.2 Å². The molecule has 1 saturated carbocycles. The highest BCUT2D eigenvalue weighted by molar-refractivity contribution is 6.08. The number of benzene rings is 1. The molecular weight excluding hydrogens is 394 g/mol. The summed E-state index contributed by atoms with van der Waals surface area (Å²) in [6.07, 6.45) is 5.24. The fourth-order valence-electron chi connectivity index (χ4n) is 4.00. The van der Waals surface area contributed by atoms with Gasteiger partial charge >= 0.3 is 0 Å². The Labute approximate surface area is 180 Å². The SMILES string of the molecule is CC1CN(c2ccc(NC(=O)c3cc4cn(C)nc4cc3OC3CCC3)nn2)CCN1. The van der Waals surface area contributed by atoms with E-state index in [4.69, 9.17) is 4.74 Å². The van der Waals surface area contributed by atoms with E-state index in [1.165, 1.54) is 0 Å². The first-order chi connectivity index (χ1) is 15.0. The zero-order valence-corrected chi connectivity index (χ0v) is 17.8. The molecule has 0 spiro atoms. The number of amides is 1. The Balaban J connectivity index is 1.36. The fourth-order valence-corrected chi connectivity index (χ4v) is 4.00. The van der Waals surface area contributed by atoms with E-state index in [1.807, 2.05) is 31.4 Å². The van der Waals surface area contributed by atoms with Crippen LogP contribution in [-0.2, 0) is 7.05 Å². The normalized spacial score (nSPS) is 19.3. The van der Waals surface area contributed by atoms with Gasteiger partial charge in [0.05, 0.1) is 17.2 Å². The lowest BCUT2D eigenvalue weighted by molar-refractivity contribution is 0.0992. The minimum absolute atomic E-state index is 0.160. The molecule has 0 bridgehead atoms. The number of fused-ring (bicyclic) bond motifs is 1. The Hall–Kier alpha value is -3.20. The molecule has 2 fully saturated rings. The second-order valence-electron chi connectivity index (χ2n) is 8.41. The van der Waals surface area contributed by atoms with Crippen molar-refractivity contribution in [2.24, 2.45) is 7.05 Å². The number of hydrogen-bond acceptors (Lipinski definition) is 7. The van der Waals surface area contributed by atoms with Crippen LogP contribution >= 0.6 is 0 Å². The summed E-state index contributed by atoms with van der Waals surface area (Å²) < 4.78 is 7.84. The van der Waals surface area contributed by atoms with Gasteiger partial charge in [0.1, 0.15) is 5.75 Å². The Morgan fingerprint density at radius 1 is 1.26 bits per heavy atom. The van der Waals surface area contributed by atoms with Crippen LogP contribution in [0.5, 0.6) is 5.75 Å². The maximum atomic E-state index is 13.1. The molecule has 31 heavy (non-hydrogen) atoms. The van der Waals surface area contributed by atoms with E-state index in [9.17, 15) is 4.79 Å². The molecular formula is C22H27N7O2. The number of anilines is 2. The Kier molecular flexibility index (Phi) is 5.19. The molecule has 162 valence electrons. The van der Waals surface area contributed by atoms with Gasteiger partial charge in [-0.2, -0.15) is 5.10 Å². The predicted molar refractivity (Wildman–Crippen MR) is 119 cm³/mol. The zero-order chi connectivity index (χ0) is 21.4. The van der Waals surface area contributed by atoms with E-state index < -0.39 is 0 Å². The number of piperazine rings is 1. The van der Waals surface area contributed by atoms with Crippen molar-refractivity contribution in [2.45, 2.75) is 38.3 Å². The van der Waals surface area contributed by atoms with Gasteiger partial charge in [0.2, 0.25) is 0 Å². The maximum absolute atomic E-state index is 13.1. The van der Waals surface area contributed by atoms with Crippen molar-refractivity contribution in [1.82, 2.24) is 25.3 Å². The van der Waals surface area contributed by atoms with Crippen molar-refractivity contribution >= 4 is 28.4 Å². The molecule has 1 saturated heterocycles. The summed E-state index contributed by atoms with van der Waals surface area (Å²) >= 11 is 0. The molecule has 2 N–H and O–H groups in total. The van der Waals surface area contributed by atoms with Crippen molar-refractivity contribution < 1.29 is 9.53 Å². The molecule has 1 amide bonds. The van der Waals surface area contributed by atoms with E-state index in [2.05, 4.69) is 37.8 Å². The molecule has 2 aliphatic rings. The topological polar surface area (TPSA) is 97.2 Å². The molecule has 1 aliphatic heterocycles. The summed E-state index contributed by atoms with van der Waals surface area (Å²) in [6.45, 7) is 4.84. The predicted octanol–water partition coefficient (Wildman–Crippen LogP) is 2.34. The van der Waals surface area contributed by atoms with Crippen molar-refractivity contribution in [3.63, 3.8) is 0 Å². The van der Waals surface area contributed by atoms with Crippen LogP contribution in [0.15, 0.2) is 30.5 Å². The van der Waals surface area contributed by atoms with Crippen LogP contribution in [0, 0.1) is 0 Å². The van der Waals surface area contributed by atoms with Gasteiger partial charge in [-0.25, -0.2) is 0 Å². The largest absolute Gasteiger partial charge is 0.490 e. The molecule has 1 atom stereocenters. The number of aromatic nitrogens is 4. The van der Waals surface area contributed by atoms with Gasteiger partial charge < -0.3 is 20.3 Å². The lowest BCUT2D eigenvalue weighted by atomic mass is 9.96. The van der Waals surface area contributed by atoms with E-state index in [0.29, 0.717) is 23.2 Å². The first-order valence-corrected chi connectivity index (χ1v) is 10.8. The first kappa shape index (κ1) is 19.7. The monoisotopic (exact) mass is 421 g/mol. The smallest absolute Gasteiger partial charge is 0.260 e. The van der Waals surface area contributed by atoms with Crippen LogP contribution in [0.4, 0.5) is 11.6 Å². The fraction of sp³-hybridized carbons (Fsp3) is 0.455. The molecule has 1 aliphatic carbocycles. The zero-order valence-electron chi connectivity index (χ0n) is 17.8. The maximum Gasteiger partial charge on any atom is 0.260 e. The van der Waals surface area contributed by atoms with Crippen molar-refractivity contribution in [3.05, 3.63) is 36.0 Å². The molecule has 1 unspecified atom stereocenters. The van der Waals surface area contributed by atoms with Gasteiger partial charge in [0, 0.05) is 50.4 Å². The lowest BCUT2D eigenvalue weighted by Crippen LogP contribution is -2.49. The van der Waals surface area contributed by atoms with Crippen LogP contribution in [-0.4, -0.2) is 57.7 Å². The summed E-state index contributed by atoms with van der Waals surface area (Å²) in [5.41, 5.74) is 1.29. The van der Waals surface area contributed by atoms with Crippen LogP contribution < -0.4 is 20.3 Å². The number of hydrogen-bond donors (Lipinski definition) is 2. The molecule has 3 heterocycles. The van der Waals surface area contributed by atoms with Crippen LogP contribution in [0.3, 0.4) is 0 Å². The standard InChI is InChI=1S/C22H27N7O2/c1-14-12-29(9-8-23-14)21-7-6-20(25-26-21)24-22(30)17-10-15-13-28(2)27-18(15)11-19(17)31-16-4-3-5-16/h6-7,10-11,13-14,16,23H,3-5,8-9,12H2,1-2H3,(H,24,25,30). The molecule has 3 aromatic rings. The summed E-state index contributed by atoms with van der Waals surface area (Å²) in [5, 5.41) is 20.2. The second-order valence-corrected chi connectivity index (χ2v) is 8.41. The number of carbonyl (C=O) groups excluding carboxylic acids is 1. The lowest BCUT2D eigenvalue weighted by Gasteiger charge is -2.32. The van der Waals surface area contributed by atoms with Gasteiger partial charge in [-0.05, 0) is 44.4 Å². The van der Waals surface area contributed by atoms with E-state index >= 15 is 0 Å². The van der Waals surface area contributed by atoms with Crippen LogP contribution in [0.25, 0.3) is 10.9 Å². The van der Waals surface area contributed by atoms with E-state index in [1.54, 1.807) is 10.7 Å². The van der Waals surface area contributed by atoms with E-state index in [0.717, 1.165) is 55.6 Å². The van der Waals surface area contributed by atoms with Crippen LogP contribution in [0.2, 0.25) is 0 Å². The summed E-state index contributed by atoms with van der Waals surface area (Å²) in [4.78, 5) is 15.3. The third-order valence-electron chi connectivity index (χ3n) is 5.90. The van der Waals surface area contributed by atoms with Gasteiger partial charge in [0.15, 0.2) is 11.6 Å². The Morgan fingerprint density at radius 2 is 2.13 bits per heavy atom. The number of carbonyl (C=O) groups is 1. The Bertz CT molecular complexity index is 1090. The number of nitrogens with one attached hydrogen (secondary N) is 2. The summed E-state index contributed by atoms with van der Waals surface area (Å²) in [5.74, 6) is 1.53. The molecule has 9 nitrogen and oxygen atoms in total. The Morgan fingerprint density at radius 3 is 2.84 bits per heavy atom. The summed E-state index contributed by atoms with van der Waals surface area (Å²) in [6, 6.07) is 7.78. The van der Waals surface area contributed by atoms with Crippen LogP contribution in [0.1, 0.15) is 36.5 Å². The average Bonchev–Trinajstić information content (AvgIpc) is 3.09. The van der Waals surface area contributed by atoms with Crippen molar-refractivity contribution in [1.29, 1.82) is 0 Å². The molecule has 1 aromatic carbocycles. The summed E-state index contributed by atoms with van der Waals surface area (Å²) in [7, 11) is 1.86. The van der Waals surface area contributed by atoms with Crippen molar-refractivity contribution in [3.8, 4) is 5.75 Å². The van der Waals surface area contributed by atoms with Gasteiger partial charge in [-0.1, -0.05) is 0 Å². The highest BCUT2D eigenvalue weighted by atomic mass is 16.5. The highest BCUT2D eigenvalue weighted by Gasteiger charge is 2.24. The number of ether oxygens (including phenoxy) is 1. The third-order valence-corrected chi connectivity index (χ3v) is 5.90. The van der Waals surface area contributed by atoms with Gasteiger partial charge in [-0.3, -0.25) is 9.48 Å². The minimum Gasteiger partial charge on any atom is -0.490 e. The van der Waals surface area contributed by atoms with Crippen molar-refractivity contribution in [2.75, 3.05) is 29.9 Å². The molecule has 5 rings (SSSR count). The average molecular weight is 422 g/mol. The van der Waals surface area contributed by atoms with E-state index in [-0.39, 0.29) is 12.0 Å². The number of rotatable bonds is 5. The second kappa shape index (κ2) is 8.14. The highest BCUT2D eigenvalue weighted by Crippen LogP contribution is 2.31. The molecule has 9 heteroatoms. The number of aryl methyl sites for hydroxylation is 1. The quantitative estimate of drug-likeness (QED) is 0.653. The van der Waals surface area contributed by atoms with Gasteiger partial charge in [0.25, 0.3) is 5.91 Å². The first-order valence-electron chi connectivity index (χ1n) is 10.8. The third kappa shape index (κ3) is 4.18. The molecule has 2 aromatic heterocycles.